The smallest absolute Gasteiger partial charge is 0.326 e. The molecule has 1 saturated heterocycles. The molecule has 2 N–H and O–H groups in total. The highest BCUT2D eigenvalue weighted by atomic mass is 16.5. The van der Waals surface area contributed by atoms with Crippen LogP contribution in [0.15, 0.2) is 24.3 Å². The molecule has 1 atom stereocenters. The molecule has 1 aromatic carbocycles. The number of piperidine rings is 1. The molecule has 6 heteroatoms. The minimum absolute atomic E-state index is 0.262. The lowest BCUT2D eigenvalue weighted by Crippen LogP contribution is -2.48. The average Bonchev–Trinajstić information content (AvgIpc) is 2.96. The number of nitrogens with one attached hydrogen (secondary N) is 1. The van der Waals surface area contributed by atoms with Crippen molar-refractivity contribution in [3.8, 4) is 5.75 Å². The Hall–Kier alpha value is -2.50. The standard InChI is InChI=1S/C16H18N2O4/c1-22-11-5-6-12-10(8-11)9-13(17-12)15(19)18-7-3-2-4-14(18)16(20)21/h5-6,8-9,14,17H,2-4,7H2,1H3,(H,20,21). The Morgan fingerprint density at radius 3 is 2.86 bits per heavy atom. The Balaban J connectivity index is 1.92. The summed E-state index contributed by atoms with van der Waals surface area (Å²) in [4.78, 5) is 28.5. The van der Waals surface area contributed by atoms with Gasteiger partial charge in [0.2, 0.25) is 0 Å². The highest BCUT2D eigenvalue weighted by molar-refractivity contribution is 5.99. The summed E-state index contributed by atoms with van der Waals surface area (Å²) in [7, 11) is 1.59. The first-order chi connectivity index (χ1) is 10.6. The van der Waals surface area contributed by atoms with Gasteiger partial charge in [-0.3, -0.25) is 4.79 Å². The molecule has 0 radical (unpaired) electrons. The number of amides is 1. The van der Waals surface area contributed by atoms with E-state index in [0.717, 1.165) is 23.7 Å². The number of nitrogens with zero attached hydrogens (tertiary/aromatic N) is 1. The van der Waals surface area contributed by atoms with E-state index in [4.69, 9.17) is 4.74 Å². The van der Waals surface area contributed by atoms with Crippen LogP contribution in [0, 0.1) is 0 Å². The normalized spacial score (nSPS) is 18.4. The van der Waals surface area contributed by atoms with Gasteiger partial charge in [0.15, 0.2) is 0 Å². The van der Waals surface area contributed by atoms with Gasteiger partial charge in [0.1, 0.15) is 17.5 Å². The summed E-state index contributed by atoms with van der Waals surface area (Å²) in [5.74, 6) is -0.486. The van der Waals surface area contributed by atoms with Crippen LogP contribution in [0.5, 0.6) is 5.75 Å². The van der Waals surface area contributed by atoms with Gasteiger partial charge in [-0.15, -0.1) is 0 Å². The molecule has 1 aromatic heterocycles. The number of aliphatic carboxylic acids is 1. The van der Waals surface area contributed by atoms with E-state index in [-0.39, 0.29) is 5.91 Å². The third-order valence-electron chi connectivity index (χ3n) is 4.11. The fraction of sp³-hybridized carbons (Fsp3) is 0.375. The summed E-state index contributed by atoms with van der Waals surface area (Å²) < 4.78 is 5.17. The Kier molecular flexibility index (Phi) is 3.75. The maximum atomic E-state index is 12.6. The van der Waals surface area contributed by atoms with Crippen molar-refractivity contribution < 1.29 is 19.4 Å². The zero-order valence-electron chi connectivity index (χ0n) is 12.3. The van der Waals surface area contributed by atoms with Crippen LogP contribution in [0.4, 0.5) is 0 Å². The molecule has 0 aliphatic carbocycles. The number of benzene rings is 1. The molecule has 3 rings (SSSR count). The number of H-pyrrole nitrogens is 1. The molecule has 1 aliphatic heterocycles. The summed E-state index contributed by atoms with van der Waals surface area (Å²) in [6, 6.07) is 6.51. The number of aromatic amines is 1. The molecule has 0 spiro atoms. The molecule has 1 fully saturated rings. The van der Waals surface area contributed by atoms with E-state index in [1.807, 2.05) is 18.2 Å². The summed E-state index contributed by atoms with van der Waals surface area (Å²) in [5, 5.41) is 10.2. The van der Waals surface area contributed by atoms with E-state index in [9.17, 15) is 14.7 Å². The van der Waals surface area contributed by atoms with Gasteiger partial charge in [-0.05, 0) is 43.5 Å². The monoisotopic (exact) mass is 302 g/mol. The van der Waals surface area contributed by atoms with E-state index in [2.05, 4.69) is 4.98 Å². The number of carbonyl (C=O) groups is 2. The molecule has 6 nitrogen and oxygen atoms in total. The van der Waals surface area contributed by atoms with Crippen LogP contribution in [0.3, 0.4) is 0 Å². The third kappa shape index (κ3) is 2.52. The van der Waals surface area contributed by atoms with E-state index in [1.54, 1.807) is 13.2 Å². The fourth-order valence-electron chi connectivity index (χ4n) is 2.94. The van der Waals surface area contributed by atoms with Crippen LogP contribution in [0.25, 0.3) is 10.9 Å². The van der Waals surface area contributed by atoms with Gasteiger partial charge in [0.25, 0.3) is 5.91 Å². The molecule has 2 aromatic rings. The van der Waals surface area contributed by atoms with E-state index >= 15 is 0 Å². The number of ether oxygens (including phenoxy) is 1. The average molecular weight is 302 g/mol. The first-order valence-corrected chi connectivity index (χ1v) is 7.30. The lowest BCUT2D eigenvalue weighted by atomic mass is 10.0. The first kappa shape index (κ1) is 14.4. The number of carboxylic acids is 1. The van der Waals surface area contributed by atoms with Crippen LogP contribution in [-0.2, 0) is 4.79 Å². The number of carbonyl (C=O) groups excluding carboxylic acids is 1. The number of hydrogen-bond acceptors (Lipinski definition) is 3. The van der Waals surface area contributed by atoms with Gasteiger partial charge in [-0.2, -0.15) is 0 Å². The number of aromatic nitrogens is 1. The van der Waals surface area contributed by atoms with Crippen LogP contribution in [0.1, 0.15) is 29.8 Å². The summed E-state index contributed by atoms with van der Waals surface area (Å²) >= 11 is 0. The third-order valence-corrected chi connectivity index (χ3v) is 4.11. The van der Waals surface area contributed by atoms with Gasteiger partial charge < -0.3 is 19.7 Å². The molecule has 0 saturated carbocycles. The fourth-order valence-corrected chi connectivity index (χ4v) is 2.94. The van der Waals surface area contributed by atoms with Crippen molar-refractivity contribution in [2.75, 3.05) is 13.7 Å². The van der Waals surface area contributed by atoms with Gasteiger partial charge in [-0.25, -0.2) is 4.79 Å². The van der Waals surface area contributed by atoms with Crippen molar-refractivity contribution in [3.05, 3.63) is 30.0 Å². The molecule has 1 unspecified atom stereocenters. The Morgan fingerprint density at radius 1 is 1.32 bits per heavy atom. The second-order valence-corrected chi connectivity index (χ2v) is 5.48. The van der Waals surface area contributed by atoms with Crippen molar-refractivity contribution in [3.63, 3.8) is 0 Å². The minimum Gasteiger partial charge on any atom is -0.497 e. The first-order valence-electron chi connectivity index (χ1n) is 7.30. The molecular weight excluding hydrogens is 284 g/mol. The molecule has 1 aliphatic rings. The molecule has 1 amide bonds. The highest BCUT2D eigenvalue weighted by Gasteiger charge is 2.33. The van der Waals surface area contributed by atoms with Crippen molar-refractivity contribution in [1.82, 2.24) is 9.88 Å². The topological polar surface area (TPSA) is 82.6 Å². The van der Waals surface area contributed by atoms with E-state index in [0.29, 0.717) is 24.4 Å². The maximum Gasteiger partial charge on any atom is 0.326 e. The number of likely N-dealkylation sites (tertiary alicyclic amines) is 1. The van der Waals surface area contributed by atoms with Gasteiger partial charge in [0.05, 0.1) is 7.11 Å². The highest BCUT2D eigenvalue weighted by Crippen LogP contribution is 2.24. The van der Waals surface area contributed by atoms with Crippen molar-refractivity contribution in [2.45, 2.75) is 25.3 Å². The number of rotatable bonds is 3. The van der Waals surface area contributed by atoms with Crippen molar-refractivity contribution >= 4 is 22.8 Å². The van der Waals surface area contributed by atoms with Crippen molar-refractivity contribution in [2.24, 2.45) is 0 Å². The molecule has 2 heterocycles. The summed E-state index contributed by atoms with van der Waals surface area (Å²) in [6.45, 7) is 0.481. The zero-order valence-corrected chi connectivity index (χ0v) is 12.3. The second-order valence-electron chi connectivity index (χ2n) is 5.48. The summed E-state index contributed by atoms with van der Waals surface area (Å²) in [6.07, 6.45) is 2.18. The predicted molar refractivity (Wildman–Crippen MR) is 81.2 cm³/mol. The molecule has 22 heavy (non-hydrogen) atoms. The number of methoxy groups -OCH3 is 1. The maximum absolute atomic E-state index is 12.6. The van der Waals surface area contributed by atoms with Gasteiger partial charge in [-0.1, -0.05) is 0 Å². The molecule has 116 valence electrons. The Labute approximate surface area is 127 Å². The second kappa shape index (κ2) is 5.71. The largest absolute Gasteiger partial charge is 0.497 e. The lowest BCUT2D eigenvalue weighted by Gasteiger charge is -2.32. The SMILES string of the molecule is COc1ccc2[nH]c(C(=O)N3CCCCC3C(=O)O)cc2c1. The summed E-state index contributed by atoms with van der Waals surface area (Å²) in [5.41, 5.74) is 1.24. The van der Waals surface area contributed by atoms with Gasteiger partial charge in [0, 0.05) is 17.4 Å². The van der Waals surface area contributed by atoms with E-state index in [1.165, 1.54) is 4.90 Å². The van der Waals surface area contributed by atoms with E-state index < -0.39 is 12.0 Å². The number of fused-ring (bicyclic) bond motifs is 1. The zero-order chi connectivity index (χ0) is 15.7. The predicted octanol–water partition coefficient (Wildman–Crippen LogP) is 2.26. The minimum atomic E-state index is -0.939. The Bertz CT molecular complexity index is 722. The van der Waals surface area contributed by atoms with Crippen LogP contribution in [-0.4, -0.2) is 46.6 Å². The van der Waals surface area contributed by atoms with Crippen LogP contribution in [0.2, 0.25) is 0 Å². The van der Waals surface area contributed by atoms with Crippen LogP contribution < -0.4 is 4.74 Å². The lowest BCUT2D eigenvalue weighted by molar-refractivity contribution is -0.143. The quantitative estimate of drug-likeness (QED) is 0.911. The molecular formula is C16H18N2O4. The Morgan fingerprint density at radius 2 is 2.14 bits per heavy atom. The molecule has 0 bridgehead atoms. The van der Waals surface area contributed by atoms with Crippen molar-refractivity contribution in [1.29, 1.82) is 0 Å². The number of carboxylic acid groups (broad SMARTS) is 1. The van der Waals surface area contributed by atoms with Crippen LogP contribution >= 0.6 is 0 Å². The number of hydrogen-bond donors (Lipinski definition) is 2. The van der Waals surface area contributed by atoms with Gasteiger partial charge >= 0.3 is 5.97 Å².